The summed E-state index contributed by atoms with van der Waals surface area (Å²) in [6, 6.07) is 16.5. The van der Waals surface area contributed by atoms with Crippen molar-refractivity contribution in [2.24, 2.45) is 0 Å². The average Bonchev–Trinajstić information content (AvgIpc) is 3.41. The first kappa shape index (κ1) is 22.8. The van der Waals surface area contributed by atoms with E-state index in [0.717, 1.165) is 10.5 Å². The minimum Gasteiger partial charge on any atom is -0.467 e. The predicted octanol–water partition coefficient (Wildman–Crippen LogP) is 2.92. The standard InChI is InChI=1S/C25H24N4O5/c1-16-9-11-17(12-10-16)25(2)23(32)29(24(33)28-25)15-21(30)27-20-8-4-3-7-19(20)22(31)26-14-18-6-5-13-34-18/h3-13H,14-15H2,1-2H3,(H,26,31)(H,27,30)(H,28,33)/t25-/m1/s1. The van der Waals surface area contributed by atoms with Crippen molar-refractivity contribution in [2.75, 3.05) is 11.9 Å². The number of imide groups is 1. The highest BCUT2D eigenvalue weighted by atomic mass is 16.3. The number of aryl methyl sites for hydroxylation is 1. The Hall–Kier alpha value is -4.40. The average molecular weight is 460 g/mol. The molecular weight excluding hydrogens is 436 g/mol. The lowest BCUT2D eigenvalue weighted by Gasteiger charge is -2.22. The molecule has 1 aliphatic rings. The van der Waals surface area contributed by atoms with Gasteiger partial charge in [-0.15, -0.1) is 0 Å². The highest BCUT2D eigenvalue weighted by Gasteiger charge is 2.49. The van der Waals surface area contributed by atoms with Crippen LogP contribution in [-0.4, -0.2) is 35.2 Å². The maximum atomic E-state index is 13.1. The fraction of sp³-hybridized carbons (Fsp3) is 0.200. The first-order valence-electron chi connectivity index (χ1n) is 10.7. The van der Waals surface area contributed by atoms with Crippen molar-refractivity contribution in [3.8, 4) is 0 Å². The molecule has 1 aromatic heterocycles. The van der Waals surface area contributed by atoms with Crippen LogP contribution in [0.3, 0.4) is 0 Å². The summed E-state index contributed by atoms with van der Waals surface area (Å²) in [5.74, 6) is -0.955. The van der Waals surface area contributed by atoms with E-state index in [9.17, 15) is 19.2 Å². The number of anilines is 1. The van der Waals surface area contributed by atoms with Crippen LogP contribution in [0, 0.1) is 6.92 Å². The van der Waals surface area contributed by atoms with Gasteiger partial charge in [-0.1, -0.05) is 42.0 Å². The summed E-state index contributed by atoms with van der Waals surface area (Å²) >= 11 is 0. The Kier molecular flexibility index (Phi) is 6.18. The fourth-order valence-electron chi connectivity index (χ4n) is 3.72. The van der Waals surface area contributed by atoms with Crippen molar-refractivity contribution in [2.45, 2.75) is 25.9 Å². The molecule has 4 rings (SSSR count). The Labute approximate surface area is 196 Å². The van der Waals surface area contributed by atoms with E-state index < -0.39 is 35.8 Å². The number of nitrogens with zero attached hydrogens (tertiary/aromatic N) is 1. The van der Waals surface area contributed by atoms with Crippen molar-refractivity contribution in [3.63, 3.8) is 0 Å². The Morgan fingerprint density at radius 3 is 2.47 bits per heavy atom. The van der Waals surface area contributed by atoms with Crippen LogP contribution < -0.4 is 16.0 Å². The highest BCUT2D eigenvalue weighted by Crippen LogP contribution is 2.29. The Bertz CT molecular complexity index is 1240. The molecule has 9 heteroatoms. The van der Waals surface area contributed by atoms with Crippen LogP contribution in [0.15, 0.2) is 71.3 Å². The number of rotatable bonds is 7. The van der Waals surface area contributed by atoms with Gasteiger partial charge in [0.05, 0.1) is 24.1 Å². The molecule has 9 nitrogen and oxygen atoms in total. The van der Waals surface area contributed by atoms with E-state index in [-0.39, 0.29) is 17.8 Å². The van der Waals surface area contributed by atoms with E-state index in [1.165, 1.54) is 6.26 Å². The number of carbonyl (C=O) groups excluding carboxylic acids is 4. The van der Waals surface area contributed by atoms with Crippen LogP contribution in [0.2, 0.25) is 0 Å². The van der Waals surface area contributed by atoms with E-state index in [4.69, 9.17) is 4.42 Å². The molecule has 2 aromatic carbocycles. The lowest BCUT2D eigenvalue weighted by Crippen LogP contribution is -2.42. The number of carbonyl (C=O) groups is 4. The van der Waals surface area contributed by atoms with Crippen molar-refractivity contribution in [1.29, 1.82) is 0 Å². The van der Waals surface area contributed by atoms with Gasteiger partial charge < -0.3 is 20.4 Å². The first-order valence-corrected chi connectivity index (χ1v) is 10.7. The molecule has 5 amide bonds. The summed E-state index contributed by atoms with van der Waals surface area (Å²) in [4.78, 5) is 51.8. The summed E-state index contributed by atoms with van der Waals surface area (Å²) in [5.41, 5.74) is 0.876. The number of urea groups is 1. The van der Waals surface area contributed by atoms with Crippen molar-refractivity contribution in [1.82, 2.24) is 15.5 Å². The van der Waals surface area contributed by atoms with Gasteiger partial charge in [-0.25, -0.2) is 4.79 Å². The van der Waals surface area contributed by atoms with E-state index in [2.05, 4.69) is 16.0 Å². The topological polar surface area (TPSA) is 121 Å². The number of nitrogens with one attached hydrogen (secondary N) is 3. The second-order valence-electron chi connectivity index (χ2n) is 8.17. The number of para-hydroxylation sites is 1. The number of amides is 5. The molecule has 1 atom stereocenters. The molecule has 0 radical (unpaired) electrons. The van der Waals surface area contributed by atoms with Gasteiger partial charge in [0, 0.05) is 0 Å². The van der Waals surface area contributed by atoms with Gasteiger partial charge in [0.25, 0.3) is 11.8 Å². The predicted molar refractivity (Wildman–Crippen MR) is 124 cm³/mol. The molecule has 174 valence electrons. The molecule has 34 heavy (non-hydrogen) atoms. The summed E-state index contributed by atoms with van der Waals surface area (Å²) in [6.45, 7) is 3.23. The van der Waals surface area contributed by atoms with E-state index in [1.54, 1.807) is 55.5 Å². The van der Waals surface area contributed by atoms with Crippen molar-refractivity contribution in [3.05, 3.63) is 89.4 Å². The molecule has 3 N–H and O–H groups in total. The smallest absolute Gasteiger partial charge is 0.325 e. The molecule has 0 unspecified atom stereocenters. The molecule has 0 spiro atoms. The molecule has 3 aromatic rings. The molecule has 1 saturated heterocycles. The summed E-state index contributed by atoms with van der Waals surface area (Å²) < 4.78 is 5.20. The third-order valence-electron chi connectivity index (χ3n) is 5.65. The first-order chi connectivity index (χ1) is 16.3. The lowest BCUT2D eigenvalue weighted by atomic mass is 9.91. The molecule has 2 heterocycles. The molecular formula is C25H24N4O5. The Balaban J connectivity index is 1.44. The second-order valence-corrected chi connectivity index (χ2v) is 8.17. The van der Waals surface area contributed by atoms with Gasteiger partial charge in [0.2, 0.25) is 5.91 Å². The number of benzene rings is 2. The minimum atomic E-state index is -1.27. The summed E-state index contributed by atoms with van der Waals surface area (Å²) in [6.07, 6.45) is 1.51. The molecule has 0 aliphatic carbocycles. The zero-order chi connectivity index (χ0) is 24.3. The van der Waals surface area contributed by atoms with Gasteiger partial charge in [0.15, 0.2) is 0 Å². The Morgan fingerprint density at radius 2 is 1.76 bits per heavy atom. The Morgan fingerprint density at radius 1 is 1.03 bits per heavy atom. The fourth-order valence-corrected chi connectivity index (χ4v) is 3.72. The third-order valence-corrected chi connectivity index (χ3v) is 5.65. The van der Waals surface area contributed by atoms with Crippen LogP contribution in [0.1, 0.15) is 34.2 Å². The zero-order valence-electron chi connectivity index (χ0n) is 18.8. The maximum absolute atomic E-state index is 13.1. The molecule has 1 aliphatic heterocycles. The van der Waals surface area contributed by atoms with Crippen LogP contribution in [-0.2, 0) is 21.7 Å². The van der Waals surface area contributed by atoms with Crippen molar-refractivity contribution < 1.29 is 23.6 Å². The van der Waals surface area contributed by atoms with Gasteiger partial charge in [-0.2, -0.15) is 0 Å². The summed E-state index contributed by atoms with van der Waals surface area (Å²) in [5, 5.41) is 8.03. The van der Waals surface area contributed by atoms with Gasteiger partial charge in [-0.05, 0) is 43.7 Å². The molecule has 0 saturated carbocycles. The summed E-state index contributed by atoms with van der Waals surface area (Å²) in [7, 11) is 0. The molecule has 1 fully saturated rings. The van der Waals surface area contributed by atoms with Crippen molar-refractivity contribution >= 4 is 29.4 Å². The van der Waals surface area contributed by atoms with Gasteiger partial charge >= 0.3 is 6.03 Å². The normalized spacial score (nSPS) is 17.4. The van der Waals surface area contributed by atoms with E-state index in [0.29, 0.717) is 11.3 Å². The SMILES string of the molecule is Cc1ccc([C@@]2(C)NC(=O)N(CC(=O)Nc3ccccc3C(=O)NCc3ccco3)C2=O)cc1. The number of hydrogen-bond acceptors (Lipinski definition) is 5. The quantitative estimate of drug-likeness (QED) is 0.468. The van der Waals surface area contributed by atoms with Crippen LogP contribution >= 0.6 is 0 Å². The van der Waals surface area contributed by atoms with E-state index >= 15 is 0 Å². The second kappa shape index (κ2) is 9.22. The number of hydrogen-bond donors (Lipinski definition) is 3. The van der Waals surface area contributed by atoms with Gasteiger partial charge in [0.1, 0.15) is 17.8 Å². The largest absolute Gasteiger partial charge is 0.467 e. The maximum Gasteiger partial charge on any atom is 0.325 e. The van der Waals surface area contributed by atoms with Crippen LogP contribution in [0.25, 0.3) is 0 Å². The highest BCUT2D eigenvalue weighted by molar-refractivity contribution is 6.11. The monoisotopic (exact) mass is 460 g/mol. The third kappa shape index (κ3) is 4.54. The zero-order valence-corrected chi connectivity index (χ0v) is 18.8. The number of furan rings is 1. The van der Waals surface area contributed by atoms with E-state index in [1.807, 2.05) is 19.1 Å². The lowest BCUT2D eigenvalue weighted by molar-refractivity contribution is -0.133. The molecule has 0 bridgehead atoms. The minimum absolute atomic E-state index is 0.189. The van der Waals surface area contributed by atoms with Crippen LogP contribution in [0.5, 0.6) is 0 Å². The van der Waals surface area contributed by atoms with Gasteiger partial charge in [-0.3, -0.25) is 19.3 Å². The van der Waals surface area contributed by atoms with Crippen LogP contribution in [0.4, 0.5) is 10.5 Å².